The van der Waals surface area contributed by atoms with Crippen molar-refractivity contribution in [3.05, 3.63) is 77.9 Å². The molecule has 0 fully saturated rings. The van der Waals surface area contributed by atoms with Crippen LogP contribution < -0.4 is 10.1 Å². The monoisotopic (exact) mass is 347 g/mol. The lowest BCUT2D eigenvalue weighted by atomic mass is 10.0. The molecule has 1 N–H and O–H groups in total. The topological polar surface area (TPSA) is 21.3 Å². The summed E-state index contributed by atoms with van der Waals surface area (Å²) in [5.74, 6) is 1.65. The highest BCUT2D eigenvalue weighted by atomic mass is 16.5. The molecule has 26 heavy (non-hydrogen) atoms. The van der Waals surface area contributed by atoms with Gasteiger partial charge in [0.2, 0.25) is 0 Å². The van der Waals surface area contributed by atoms with Crippen LogP contribution in [0, 0.1) is 5.92 Å². The normalized spacial score (nSPS) is 12.5. The Morgan fingerprint density at radius 1 is 0.846 bits per heavy atom. The summed E-state index contributed by atoms with van der Waals surface area (Å²) >= 11 is 0. The van der Waals surface area contributed by atoms with Gasteiger partial charge in [-0.1, -0.05) is 74.5 Å². The van der Waals surface area contributed by atoms with Crippen molar-refractivity contribution in [2.45, 2.75) is 39.8 Å². The molecule has 0 radical (unpaired) electrons. The maximum Gasteiger partial charge on any atom is 0.124 e. The van der Waals surface area contributed by atoms with Crippen LogP contribution in [0.4, 0.5) is 0 Å². The van der Waals surface area contributed by atoms with Crippen LogP contribution in [0.1, 0.15) is 44.4 Å². The Bertz CT molecular complexity index is 826. The number of benzene rings is 3. The fourth-order valence-corrected chi connectivity index (χ4v) is 3.15. The van der Waals surface area contributed by atoms with Gasteiger partial charge in [0.1, 0.15) is 5.75 Å². The summed E-state index contributed by atoms with van der Waals surface area (Å²) in [6, 6.07) is 23.7. The first-order chi connectivity index (χ1) is 12.6. The van der Waals surface area contributed by atoms with Gasteiger partial charge in [0.05, 0.1) is 6.61 Å². The van der Waals surface area contributed by atoms with Gasteiger partial charge >= 0.3 is 0 Å². The van der Waals surface area contributed by atoms with Crippen LogP contribution in [-0.2, 0) is 6.54 Å². The second kappa shape index (κ2) is 8.86. The third-order valence-corrected chi connectivity index (χ3v) is 4.83. The number of fused-ring (bicyclic) bond motifs is 1. The number of hydrogen-bond donors (Lipinski definition) is 1. The molecule has 3 aromatic rings. The summed E-state index contributed by atoms with van der Waals surface area (Å²) < 4.78 is 6.15. The molecule has 0 aliphatic rings. The van der Waals surface area contributed by atoms with Crippen LogP contribution in [0.25, 0.3) is 10.8 Å². The van der Waals surface area contributed by atoms with Crippen LogP contribution >= 0.6 is 0 Å². The molecule has 0 aliphatic heterocycles. The van der Waals surface area contributed by atoms with Crippen molar-refractivity contribution in [3.8, 4) is 5.75 Å². The van der Waals surface area contributed by atoms with Crippen LogP contribution in [0.15, 0.2) is 66.7 Å². The zero-order valence-electron chi connectivity index (χ0n) is 16.0. The molecule has 0 aromatic heterocycles. The molecule has 0 bridgehead atoms. The molecule has 2 nitrogen and oxygen atoms in total. The van der Waals surface area contributed by atoms with Crippen molar-refractivity contribution in [2.24, 2.45) is 5.92 Å². The third kappa shape index (κ3) is 4.64. The smallest absolute Gasteiger partial charge is 0.124 e. The van der Waals surface area contributed by atoms with Gasteiger partial charge in [-0.05, 0) is 41.7 Å². The summed E-state index contributed by atoms with van der Waals surface area (Å²) in [4.78, 5) is 0. The first kappa shape index (κ1) is 18.5. The Hall–Kier alpha value is -2.32. The van der Waals surface area contributed by atoms with Crippen LogP contribution in [0.3, 0.4) is 0 Å². The van der Waals surface area contributed by atoms with E-state index in [4.69, 9.17) is 4.74 Å². The second-order valence-corrected chi connectivity index (χ2v) is 7.31. The maximum atomic E-state index is 6.15. The van der Waals surface area contributed by atoms with Crippen molar-refractivity contribution >= 4 is 10.8 Å². The summed E-state index contributed by atoms with van der Waals surface area (Å²) in [6.45, 7) is 8.22. The minimum Gasteiger partial charge on any atom is -0.493 e. The van der Waals surface area contributed by atoms with Gasteiger partial charge in [0, 0.05) is 18.2 Å². The van der Waals surface area contributed by atoms with E-state index >= 15 is 0 Å². The molecule has 0 amide bonds. The predicted octanol–water partition coefficient (Wildman–Crippen LogP) is 6.12. The van der Waals surface area contributed by atoms with Crippen molar-refractivity contribution in [1.29, 1.82) is 0 Å². The summed E-state index contributed by atoms with van der Waals surface area (Å²) in [5, 5.41) is 6.19. The zero-order chi connectivity index (χ0) is 18.4. The lowest BCUT2D eigenvalue weighted by molar-refractivity contribution is 0.286. The van der Waals surface area contributed by atoms with Crippen molar-refractivity contribution in [3.63, 3.8) is 0 Å². The number of ether oxygens (including phenoxy) is 1. The molecule has 0 saturated heterocycles. The van der Waals surface area contributed by atoms with E-state index in [2.05, 4.69) is 92.8 Å². The molecule has 2 heteroatoms. The van der Waals surface area contributed by atoms with E-state index in [1.165, 1.54) is 21.9 Å². The van der Waals surface area contributed by atoms with Crippen LogP contribution in [0.2, 0.25) is 0 Å². The molecule has 0 heterocycles. The van der Waals surface area contributed by atoms with Crippen molar-refractivity contribution in [2.75, 3.05) is 6.61 Å². The Morgan fingerprint density at radius 2 is 1.58 bits per heavy atom. The highest BCUT2D eigenvalue weighted by Gasteiger charge is 2.11. The molecule has 0 saturated carbocycles. The highest BCUT2D eigenvalue weighted by molar-refractivity contribution is 5.87. The highest BCUT2D eigenvalue weighted by Crippen LogP contribution is 2.29. The van der Waals surface area contributed by atoms with E-state index in [1.54, 1.807) is 0 Å². The Morgan fingerprint density at radius 3 is 2.35 bits per heavy atom. The SMILES string of the molecule is CC(C)CCOc1ccc2ccccc2c1CNC(C)c1ccccc1. The molecule has 136 valence electrons. The second-order valence-electron chi connectivity index (χ2n) is 7.31. The number of rotatable bonds is 8. The minimum atomic E-state index is 0.290. The zero-order valence-corrected chi connectivity index (χ0v) is 16.0. The van der Waals surface area contributed by atoms with Crippen molar-refractivity contribution < 1.29 is 4.74 Å². The third-order valence-electron chi connectivity index (χ3n) is 4.83. The summed E-state index contributed by atoms with van der Waals surface area (Å²) in [5.41, 5.74) is 2.55. The van der Waals surface area contributed by atoms with E-state index < -0.39 is 0 Å². The standard InChI is InChI=1S/C24H29NO/c1-18(2)15-16-26-24-14-13-21-11-7-8-12-22(21)23(24)17-25-19(3)20-9-5-4-6-10-20/h4-14,18-19,25H,15-17H2,1-3H3. The molecule has 1 atom stereocenters. The number of nitrogens with one attached hydrogen (secondary N) is 1. The van der Waals surface area contributed by atoms with Gasteiger partial charge in [-0.15, -0.1) is 0 Å². The Kier molecular flexibility index (Phi) is 6.30. The molecule has 0 aliphatic carbocycles. The average Bonchev–Trinajstić information content (AvgIpc) is 2.67. The molecule has 3 aromatic carbocycles. The van der Waals surface area contributed by atoms with E-state index in [0.29, 0.717) is 12.0 Å². The number of hydrogen-bond acceptors (Lipinski definition) is 2. The predicted molar refractivity (Wildman–Crippen MR) is 111 cm³/mol. The lowest BCUT2D eigenvalue weighted by Crippen LogP contribution is -2.19. The quantitative estimate of drug-likeness (QED) is 0.530. The largest absolute Gasteiger partial charge is 0.493 e. The van der Waals surface area contributed by atoms with Crippen LogP contribution in [0.5, 0.6) is 5.75 Å². The lowest BCUT2D eigenvalue weighted by Gasteiger charge is -2.19. The van der Waals surface area contributed by atoms with Gasteiger partial charge in [-0.25, -0.2) is 0 Å². The molecular weight excluding hydrogens is 318 g/mol. The summed E-state index contributed by atoms with van der Waals surface area (Å²) in [7, 11) is 0. The van der Waals surface area contributed by atoms with Gasteiger partial charge in [0.25, 0.3) is 0 Å². The van der Waals surface area contributed by atoms with Crippen LogP contribution in [-0.4, -0.2) is 6.61 Å². The minimum absolute atomic E-state index is 0.290. The van der Waals surface area contributed by atoms with Gasteiger partial charge in [0.15, 0.2) is 0 Å². The van der Waals surface area contributed by atoms with Gasteiger partial charge in [-0.3, -0.25) is 0 Å². The molecule has 0 spiro atoms. The fraction of sp³-hybridized carbons (Fsp3) is 0.333. The maximum absolute atomic E-state index is 6.15. The van der Waals surface area contributed by atoms with E-state index in [-0.39, 0.29) is 0 Å². The summed E-state index contributed by atoms with van der Waals surface area (Å²) in [6.07, 6.45) is 1.07. The average molecular weight is 348 g/mol. The first-order valence-corrected chi connectivity index (χ1v) is 9.57. The Labute approximate surface area is 157 Å². The van der Waals surface area contributed by atoms with E-state index in [0.717, 1.165) is 25.3 Å². The van der Waals surface area contributed by atoms with Crippen molar-refractivity contribution in [1.82, 2.24) is 5.32 Å². The van der Waals surface area contributed by atoms with E-state index in [1.807, 2.05) is 0 Å². The molecular formula is C24H29NO. The Balaban J connectivity index is 1.81. The molecule has 3 rings (SSSR count). The molecule has 1 unspecified atom stereocenters. The fourth-order valence-electron chi connectivity index (χ4n) is 3.15. The van der Waals surface area contributed by atoms with Gasteiger partial charge < -0.3 is 10.1 Å². The van der Waals surface area contributed by atoms with E-state index in [9.17, 15) is 0 Å². The van der Waals surface area contributed by atoms with Gasteiger partial charge in [-0.2, -0.15) is 0 Å². The first-order valence-electron chi connectivity index (χ1n) is 9.57.